The molecule has 0 aliphatic carbocycles. The first-order valence-corrected chi connectivity index (χ1v) is 25.5. The molecule has 6 atom stereocenters. The van der Waals surface area contributed by atoms with Crippen LogP contribution in [0.15, 0.2) is 24.3 Å². The van der Waals surface area contributed by atoms with Gasteiger partial charge in [-0.1, -0.05) is 179 Å². The number of carbonyl (C=O) groups is 1. The van der Waals surface area contributed by atoms with Crippen molar-refractivity contribution in [2.24, 2.45) is 0 Å². The van der Waals surface area contributed by atoms with Gasteiger partial charge < -0.3 is 34.3 Å². The average molecular weight is 877 g/mol. The lowest BCUT2D eigenvalue weighted by atomic mass is 9.99. The molecule has 1 rings (SSSR count). The number of rotatable bonds is 42. The van der Waals surface area contributed by atoms with Crippen molar-refractivity contribution in [1.29, 1.82) is 0 Å². The van der Waals surface area contributed by atoms with Crippen LogP contribution in [0.25, 0.3) is 0 Å². The highest BCUT2D eigenvalue weighted by molar-refractivity contribution is 7.80. The molecule has 0 aromatic heterocycles. The fourth-order valence-corrected chi connectivity index (χ4v) is 7.92. The Balaban J connectivity index is 2.39. The maximum atomic E-state index is 12.9. The fraction of sp³-hybridized carbons (Fsp3) is 0.894. The Morgan fingerprint density at radius 1 is 0.633 bits per heavy atom. The Bertz CT molecular complexity index is 1150. The minimum absolute atomic E-state index is 0.0358. The highest BCUT2D eigenvalue weighted by Crippen LogP contribution is 2.26. The normalized spacial score (nSPS) is 20.4. The van der Waals surface area contributed by atoms with Crippen LogP contribution < -0.4 is 0 Å². The minimum atomic E-state index is -5.06. The third-order valence-corrected chi connectivity index (χ3v) is 11.5. The van der Waals surface area contributed by atoms with Gasteiger partial charge in [0, 0.05) is 13.0 Å². The van der Waals surface area contributed by atoms with E-state index in [4.69, 9.17) is 23.5 Å². The molecule has 13 heteroatoms. The second-order valence-electron chi connectivity index (χ2n) is 16.7. The molecule has 0 spiro atoms. The lowest BCUT2D eigenvalue weighted by molar-refractivity contribution is -0.301. The average Bonchev–Trinajstić information content (AvgIpc) is 3.22. The van der Waals surface area contributed by atoms with Gasteiger partial charge in [0.05, 0.1) is 19.8 Å². The first kappa shape index (κ1) is 56.6. The predicted molar refractivity (Wildman–Crippen MR) is 239 cm³/mol. The number of hydrogen-bond donors (Lipinski definition) is 4. The Kier molecular flexibility index (Phi) is 37.0. The van der Waals surface area contributed by atoms with Crippen molar-refractivity contribution in [3.63, 3.8) is 0 Å². The van der Waals surface area contributed by atoms with E-state index in [0.717, 1.165) is 51.4 Å². The van der Waals surface area contributed by atoms with Crippen molar-refractivity contribution < 1.29 is 56.2 Å². The predicted octanol–water partition coefficient (Wildman–Crippen LogP) is 10.4. The van der Waals surface area contributed by atoms with Crippen LogP contribution in [0.3, 0.4) is 0 Å². The summed E-state index contributed by atoms with van der Waals surface area (Å²) in [5, 5.41) is 30.7. The summed E-state index contributed by atoms with van der Waals surface area (Å²) in [6.07, 6.45) is 34.9. The van der Waals surface area contributed by atoms with Crippen LogP contribution in [0.1, 0.15) is 206 Å². The van der Waals surface area contributed by atoms with E-state index in [-0.39, 0.29) is 19.6 Å². The van der Waals surface area contributed by atoms with E-state index in [0.29, 0.717) is 13.0 Å². The molecule has 1 heterocycles. The quantitative estimate of drug-likeness (QED) is 0.0198. The molecule has 0 aromatic carbocycles. The molecule has 0 aromatic rings. The van der Waals surface area contributed by atoms with Gasteiger partial charge in [-0.15, -0.1) is 0 Å². The first-order valence-electron chi connectivity index (χ1n) is 24.1. The summed E-state index contributed by atoms with van der Waals surface area (Å²) in [5.41, 5.74) is 0. The molecule has 6 unspecified atom stereocenters. The first-order chi connectivity index (χ1) is 29.1. The number of unbranched alkanes of at least 4 members (excludes halogenated alkanes) is 25. The fourth-order valence-electron chi connectivity index (χ4n) is 7.41. The highest BCUT2D eigenvalue weighted by atomic mass is 32.3. The second-order valence-corrected chi connectivity index (χ2v) is 17.8. The molecule has 1 fully saturated rings. The molecule has 0 saturated carbocycles. The Hall–Kier alpha value is -1.42. The van der Waals surface area contributed by atoms with E-state index in [9.17, 15) is 28.5 Å². The summed E-state index contributed by atoms with van der Waals surface area (Å²) in [7, 11) is -5.06. The Morgan fingerprint density at radius 3 is 1.62 bits per heavy atom. The molecule has 0 bridgehead atoms. The molecule has 4 N–H and O–H groups in total. The van der Waals surface area contributed by atoms with Gasteiger partial charge in [0.15, 0.2) is 6.29 Å². The van der Waals surface area contributed by atoms with Gasteiger partial charge in [0.2, 0.25) is 0 Å². The number of aliphatic hydroxyl groups is 3. The van der Waals surface area contributed by atoms with Gasteiger partial charge in [0.1, 0.15) is 30.5 Å². The van der Waals surface area contributed by atoms with Crippen molar-refractivity contribution in [3.8, 4) is 0 Å². The van der Waals surface area contributed by atoms with E-state index >= 15 is 0 Å². The van der Waals surface area contributed by atoms with Crippen molar-refractivity contribution in [2.45, 2.75) is 243 Å². The van der Waals surface area contributed by atoms with Gasteiger partial charge in [-0.3, -0.25) is 9.35 Å². The SMILES string of the molecule is CCCCC/C=C\C/C=C\CCCCCCCCCCOCC(COC1OC(CO)C(O)C(OS(=O)(=O)O)C1O)OC(=O)CCCCCCCCCCCCCCCCC. The summed E-state index contributed by atoms with van der Waals surface area (Å²) in [5.74, 6) is -0.399. The van der Waals surface area contributed by atoms with Crippen molar-refractivity contribution in [2.75, 3.05) is 26.4 Å². The van der Waals surface area contributed by atoms with E-state index in [1.54, 1.807) is 0 Å². The minimum Gasteiger partial charge on any atom is -0.457 e. The van der Waals surface area contributed by atoms with Crippen LogP contribution in [-0.4, -0.2) is 97.5 Å². The highest BCUT2D eigenvalue weighted by Gasteiger charge is 2.48. The lowest BCUT2D eigenvalue weighted by Gasteiger charge is -2.41. The zero-order valence-corrected chi connectivity index (χ0v) is 38.6. The zero-order chi connectivity index (χ0) is 43.9. The molecule has 60 heavy (non-hydrogen) atoms. The van der Waals surface area contributed by atoms with Gasteiger partial charge in [-0.25, -0.2) is 4.18 Å². The number of aliphatic hydroxyl groups excluding tert-OH is 3. The van der Waals surface area contributed by atoms with Crippen LogP contribution in [0.4, 0.5) is 0 Å². The summed E-state index contributed by atoms with van der Waals surface area (Å²) in [6.45, 7) is 3.98. The third kappa shape index (κ3) is 32.3. The van der Waals surface area contributed by atoms with E-state index < -0.39 is 59.8 Å². The molecule has 12 nitrogen and oxygen atoms in total. The number of hydrogen-bond acceptors (Lipinski definition) is 11. The molecule has 0 radical (unpaired) electrons. The molecule has 0 amide bonds. The summed E-state index contributed by atoms with van der Waals surface area (Å²) in [4.78, 5) is 12.9. The molecular weight excluding hydrogens is 789 g/mol. The number of ether oxygens (including phenoxy) is 4. The Labute approximate surface area is 365 Å². The van der Waals surface area contributed by atoms with Crippen LogP contribution in [0, 0.1) is 0 Å². The smallest absolute Gasteiger partial charge is 0.397 e. The van der Waals surface area contributed by atoms with Crippen molar-refractivity contribution >= 4 is 16.4 Å². The largest absolute Gasteiger partial charge is 0.457 e. The Morgan fingerprint density at radius 2 is 1.10 bits per heavy atom. The maximum Gasteiger partial charge on any atom is 0.397 e. The zero-order valence-electron chi connectivity index (χ0n) is 37.8. The summed E-state index contributed by atoms with van der Waals surface area (Å²) < 4.78 is 59.1. The second kappa shape index (κ2) is 39.2. The third-order valence-electron chi connectivity index (χ3n) is 11.1. The lowest BCUT2D eigenvalue weighted by Crippen LogP contribution is -2.60. The van der Waals surface area contributed by atoms with Crippen LogP contribution >= 0.6 is 0 Å². The van der Waals surface area contributed by atoms with Crippen molar-refractivity contribution in [3.05, 3.63) is 24.3 Å². The molecular formula is C47H88O12S. The molecule has 1 aliphatic rings. The maximum absolute atomic E-state index is 12.9. The topological polar surface area (TPSA) is 178 Å². The van der Waals surface area contributed by atoms with Gasteiger partial charge in [0.25, 0.3) is 0 Å². The standard InChI is InChI=1S/C47H88O12S/c1-3-5-7-9-11-13-15-17-19-20-21-23-25-27-29-31-33-35-37-55-39-41(40-56-47-45(51)46(59-60(52,53)54)44(50)42(38-48)58-47)57-43(49)36-34-32-30-28-26-24-22-18-16-14-12-10-8-6-4-2/h11,13,17,19,41-42,44-48,50-51H,3-10,12,14-16,18,20-40H2,1-2H3,(H,52,53,54)/b13-11-,19-17-. The van der Waals surface area contributed by atoms with E-state index in [1.165, 1.54) is 128 Å². The number of carbonyl (C=O) groups excluding carboxylic acids is 1. The van der Waals surface area contributed by atoms with Crippen LogP contribution in [0.5, 0.6) is 0 Å². The van der Waals surface area contributed by atoms with Gasteiger partial charge in [-0.05, 0) is 44.9 Å². The monoisotopic (exact) mass is 877 g/mol. The van der Waals surface area contributed by atoms with Gasteiger partial charge in [-0.2, -0.15) is 8.42 Å². The molecule has 354 valence electrons. The molecule has 1 aliphatic heterocycles. The van der Waals surface area contributed by atoms with E-state index in [1.807, 2.05) is 0 Å². The van der Waals surface area contributed by atoms with Crippen LogP contribution in [0.2, 0.25) is 0 Å². The number of esters is 1. The molecule has 1 saturated heterocycles. The number of allylic oxidation sites excluding steroid dienone is 4. The van der Waals surface area contributed by atoms with Crippen LogP contribution in [-0.2, 0) is 38.3 Å². The summed E-state index contributed by atoms with van der Waals surface area (Å²) in [6, 6.07) is 0. The summed E-state index contributed by atoms with van der Waals surface area (Å²) >= 11 is 0. The van der Waals surface area contributed by atoms with E-state index in [2.05, 4.69) is 42.3 Å². The van der Waals surface area contributed by atoms with Gasteiger partial charge >= 0.3 is 16.4 Å². The van der Waals surface area contributed by atoms with Crippen molar-refractivity contribution in [1.82, 2.24) is 0 Å².